The van der Waals surface area contributed by atoms with Gasteiger partial charge in [-0.05, 0) is 12.1 Å². The quantitative estimate of drug-likeness (QED) is 0.455. The molecule has 1 aliphatic rings. The fraction of sp³-hybridized carbons (Fsp3) is 0.158. The Balaban J connectivity index is 1.59. The summed E-state index contributed by atoms with van der Waals surface area (Å²) in [4.78, 5) is 44.5. The van der Waals surface area contributed by atoms with Crippen molar-refractivity contribution in [3.8, 4) is 0 Å². The van der Waals surface area contributed by atoms with Crippen molar-refractivity contribution in [2.75, 3.05) is 5.32 Å². The summed E-state index contributed by atoms with van der Waals surface area (Å²) in [5, 5.41) is 27.1. The third-order valence-electron chi connectivity index (χ3n) is 4.54. The van der Waals surface area contributed by atoms with Gasteiger partial charge in [0.15, 0.2) is 5.13 Å². The van der Waals surface area contributed by atoms with E-state index >= 15 is 0 Å². The second-order valence-corrected chi connectivity index (χ2v) is 7.65. The molecule has 0 spiro atoms. The van der Waals surface area contributed by atoms with Gasteiger partial charge in [-0.25, -0.2) is 4.98 Å². The fourth-order valence-electron chi connectivity index (χ4n) is 3.11. The number of anilines is 1. The van der Waals surface area contributed by atoms with Crippen LogP contribution in [0.3, 0.4) is 0 Å². The summed E-state index contributed by atoms with van der Waals surface area (Å²) >= 11 is 1.25. The van der Waals surface area contributed by atoms with Gasteiger partial charge in [-0.15, -0.1) is 0 Å². The second kappa shape index (κ2) is 7.52. The van der Waals surface area contributed by atoms with Crippen molar-refractivity contribution in [1.29, 1.82) is 0 Å². The van der Waals surface area contributed by atoms with Crippen molar-refractivity contribution in [1.82, 2.24) is 4.98 Å². The molecule has 1 amide bonds. The molecule has 2 aromatic carbocycles. The van der Waals surface area contributed by atoms with Crippen LogP contribution in [0.4, 0.5) is 10.8 Å². The summed E-state index contributed by atoms with van der Waals surface area (Å²) in [6, 6.07) is 13.0. The molecule has 1 atom stereocenters. The Morgan fingerprint density at radius 1 is 1.27 bits per heavy atom. The van der Waals surface area contributed by atoms with Gasteiger partial charge in [0.05, 0.1) is 27.3 Å². The molecule has 1 aliphatic heterocycles. The number of aliphatic carboxylic acids is 1. The summed E-state index contributed by atoms with van der Waals surface area (Å²) in [6.45, 7) is 0. The van der Waals surface area contributed by atoms with E-state index in [2.05, 4.69) is 15.5 Å². The van der Waals surface area contributed by atoms with E-state index in [4.69, 9.17) is 4.84 Å². The average Bonchev–Trinajstić information content (AvgIpc) is 3.32. The minimum Gasteiger partial charge on any atom is -0.481 e. The normalized spacial score (nSPS) is 17.9. The molecule has 4 rings (SSSR count). The van der Waals surface area contributed by atoms with Crippen molar-refractivity contribution >= 4 is 50.0 Å². The zero-order valence-electron chi connectivity index (χ0n) is 15.3. The lowest BCUT2D eigenvalue weighted by molar-refractivity contribution is -0.384. The fourth-order valence-corrected chi connectivity index (χ4v) is 3.97. The third kappa shape index (κ3) is 3.70. The van der Waals surface area contributed by atoms with Crippen LogP contribution in [0, 0.1) is 10.1 Å². The van der Waals surface area contributed by atoms with Gasteiger partial charge in [-0.1, -0.05) is 40.8 Å². The van der Waals surface area contributed by atoms with Crippen LogP contribution in [0.2, 0.25) is 0 Å². The number of nitro benzene ring substituents is 1. The van der Waals surface area contributed by atoms with Crippen LogP contribution in [0.1, 0.15) is 18.4 Å². The van der Waals surface area contributed by atoms with Crippen molar-refractivity contribution in [3.05, 3.63) is 64.2 Å². The van der Waals surface area contributed by atoms with Gasteiger partial charge in [0, 0.05) is 24.1 Å². The highest BCUT2D eigenvalue weighted by Crippen LogP contribution is 2.34. The smallest absolute Gasteiger partial charge is 0.308 e. The lowest BCUT2D eigenvalue weighted by atomic mass is 9.90. The number of rotatable bonds is 6. The van der Waals surface area contributed by atoms with Crippen LogP contribution < -0.4 is 5.32 Å². The molecular weight excluding hydrogens is 412 g/mol. The third-order valence-corrected chi connectivity index (χ3v) is 5.49. The van der Waals surface area contributed by atoms with E-state index < -0.39 is 28.8 Å². The van der Waals surface area contributed by atoms with Crippen LogP contribution in [0.25, 0.3) is 10.2 Å². The van der Waals surface area contributed by atoms with Crippen molar-refractivity contribution < 1.29 is 24.5 Å². The number of aromatic nitrogens is 1. The summed E-state index contributed by atoms with van der Waals surface area (Å²) in [5.41, 5.74) is -0.608. The topological polar surface area (TPSA) is 144 Å². The first-order valence-corrected chi connectivity index (χ1v) is 9.57. The van der Waals surface area contributed by atoms with Gasteiger partial charge in [-0.3, -0.25) is 25.0 Å². The number of nitrogens with one attached hydrogen (secondary N) is 1. The number of hydrogen-bond acceptors (Lipinski definition) is 8. The van der Waals surface area contributed by atoms with Gasteiger partial charge in [0.25, 0.3) is 11.6 Å². The minimum absolute atomic E-state index is 0.148. The number of carboxylic acids is 1. The number of para-hydroxylation sites is 1. The van der Waals surface area contributed by atoms with E-state index in [9.17, 15) is 24.8 Å². The molecule has 3 aromatic rings. The van der Waals surface area contributed by atoms with Crippen LogP contribution in [0.15, 0.2) is 53.7 Å². The van der Waals surface area contributed by atoms with Crippen molar-refractivity contribution in [2.45, 2.75) is 18.4 Å². The van der Waals surface area contributed by atoms with Crippen LogP contribution in [0.5, 0.6) is 0 Å². The Kier molecular flexibility index (Phi) is 4.88. The number of hydrogen-bond donors (Lipinski definition) is 2. The number of benzene rings is 2. The summed E-state index contributed by atoms with van der Waals surface area (Å²) in [5.74, 6) is -1.95. The molecule has 10 nitrogen and oxygen atoms in total. The SMILES string of the molecule is O=C(O)CC1(C(=O)Nc2nc3ccccc3s2)CC(c2cccc([N+](=O)[O-])c2)=NO1. The number of non-ortho nitro benzene ring substituents is 1. The predicted molar refractivity (Wildman–Crippen MR) is 109 cm³/mol. The molecule has 1 aromatic heterocycles. The lowest BCUT2D eigenvalue weighted by Crippen LogP contribution is -2.45. The van der Waals surface area contributed by atoms with Crippen LogP contribution >= 0.6 is 11.3 Å². The zero-order chi connectivity index (χ0) is 21.3. The Morgan fingerprint density at radius 2 is 2.07 bits per heavy atom. The largest absolute Gasteiger partial charge is 0.481 e. The number of thiazole rings is 1. The molecule has 30 heavy (non-hydrogen) atoms. The Hall–Kier alpha value is -3.86. The number of oxime groups is 1. The van der Waals surface area contributed by atoms with Crippen LogP contribution in [-0.2, 0) is 14.4 Å². The van der Waals surface area contributed by atoms with E-state index in [1.165, 1.54) is 29.5 Å². The first-order chi connectivity index (χ1) is 14.4. The second-order valence-electron chi connectivity index (χ2n) is 6.62. The summed E-state index contributed by atoms with van der Waals surface area (Å²) in [7, 11) is 0. The maximum absolute atomic E-state index is 13.0. The average molecular weight is 426 g/mol. The van der Waals surface area contributed by atoms with E-state index in [0.717, 1.165) is 4.70 Å². The standard InChI is InChI=1S/C19H14N4O6S/c24-16(25)10-19(17(26)21-18-20-13-6-1-2-7-15(13)30-18)9-14(22-29-19)11-4-3-5-12(8-11)23(27)28/h1-8H,9-10H2,(H,24,25)(H,20,21,26). The molecule has 0 radical (unpaired) electrons. The zero-order valence-corrected chi connectivity index (χ0v) is 16.1. The Labute approximate surface area is 172 Å². The predicted octanol–water partition coefficient (Wildman–Crippen LogP) is 3.18. The molecule has 0 saturated carbocycles. The van der Waals surface area contributed by atoms with Crippen molar-refractivity contribution in [3.63, 3.8) is 0 Å². The maximum atomic E-state index is 13.0. The molecule has 0 fully saturated rings. The number of nitrogens with zero attached hydrogens (tertiary/aromatic N) is 3. The number of nitro groups is 1. The molecule has 2 heterocycles. The first-order valence-electron chi connectivity index (χ1n) is 8.75. The highest BCUT2D eigenvalue weighted by Gasteiger charge is 2.49. The monoisotopic (exact) mass is 426 g/mol. The van der Waals surface area contributed by atoms with Gasteiger partial charge in [0.1, 0.15) is 0 Å². The molecule has 1 unspecified atom stereocenters. The van der Waals surface area contributed by atoms with Gasteiger partial charge >= 0.3 is 5.97 Å². The Bertz CT molecular complexity index is 1170. The number of carbonyl (C=O) groups is 2. The van der Waals surface area contributed by atoms with Gasteiger partial charge in [-0.2, -0.15) is 0 Å². The Morgan fingerprint density at radius 3 is 2.80 bits per heavy atom. The number of amides is 1. The highest BCUT2D eigenvalue weighted by atomic mass is 32.1. The number of fused-ring (bicyclic) bond motifs is 1. The highest BCUT2D eigenvalue weighted by molar-refractivity contribution is 7.22. The molecular formula is C19H14N4O6S. The molecule has 11 heteroatoms. The van der Waals surface area contributed by atoms with E-state index in [0.29, 0.717) is 16.2 Å². The molecule has 0 saturated heterocycles. The van der Waals surface area contributed by atoms with E-state index in [1.54, 1.807) is 12.1 Å². The van der Waals surface area contributed by atoms with Gasteiger partial charge < -0.3 is 9.94 Å². The van der Waals surface area contributed by atoms with E-state index in [1.807, 2.05) is 18.2 Å². The summed E-state index contributed by atoms with van der Waals surface area (Å²) in [6.07, 6.45) is -0.789. The maximum Gasteiger partial charge on any atom is 0.308 e. The van der Waals surface area contributed by atoms with E-state index in [-0.39, 0.29) is 17.8 Å². The molecule has 0 aliphatic carbocycles. The summed E-state index contributed by atoms with van der Waals surface area (Å²) < 4.78 is 0.862. The minimum atomic E-state index is -1.79. The first kappa shape index (κ1) is 19.5. The molecule has 0 bridgehead atoms. The van der Waals surface area contributed by atoms with Crippen LogP contribution in [-0.4, -0.2) is 38.2 Å². The molecule has 152 valence electrons. The molecule has 2 N–H and O–H groups in total. The van der Waals surface area contributed by atoms with Crippen molar-refractivity contribution in [2.24, 2.45) is 5.16 Å². The lowest BCUT2D eigenvalue weighted by Gasteiger charge is -2.22. The number of carboxylic acid groups (broad SMARTS) is 1. The number of carbonyl (C=O) groups excluding carboxylic acids is 1. The van der Waals surface area contributed by atoms with Gasteiger partial charge in [0.2, 0.25) is 5.60 Å².